The summed E-state index contributed by atoms with van der Waals surface area (Å²) < 4.78 is 0. The van der Waals surface area contributed by atoms with Gasteiger partial charge >= 0.3 is 0 Å². The van der Waals surface area contributed by atoms with Gasteiger partial charge in [0.05, 0.1) is 0 Å². The van der Waals surface area contributed by atoms with Crippen LogP contribution in [0.2, 0.25) is 0 Å². The van der Waals surface area contributed by atoms with E-state index in [1.165, 1.54) is 6.20 Å². The molecule has 4 heteroatoms. The van der Waals surface area contributed by atoms with Crippen LogP contribution >= 0.6 is 0 Å². The first-order valence-electron chi connectivity index (χ1n) is 5.04. The van der Waals surface area contributed by atoms with Gasteiger partial charge < -0.3 is 10.2 Å². The molecule has 88 valence electrons. The molecule has 1 aromatic rings. The van der Waals surface area contributed by atoms with Crippen LogP contribution in [-0.4, -0.2) is 21.9 Å². The average molecular weight is 230 g/mol. The van der Waals surface area contributed by atoms with Gasteiger partial charge in [-0.15, -0.1) is 0 Å². The molecule has 0 unspecified atom stereocenters. The molecule has 1 heterocycles. The molecular formula is C13H14N2O2. The molecule has 0 fully saturated rings. The third kappa shape index (κ3) is 3.31. The fraction of sp³-hybridized carbons (Fsp3) is 0.0769. The second kappa shape index (κ2) is 6.27. The molecule has 0 atom stereocenters. The van der Waals surface area contributed by atoms with Crippen molar-refractivity contribution in [2.45, 2.75) is 6.92 Å². The maximum Gasteiger partial charge on any atom is 0.186 e. The average Bonchev–Trinajstić information content (AvgIpc) is 2.39. The zero-order chi connectivity index (χ0) is 12.7. The van der Waals surface area contributed by atoms with Crippen LogP contribution in [0.4, 0.5) is 0 Å². The van der Waals surface area contributed by atoms with Crippen LogP contribution in [0.3, 0.4) is 0 Å². The Hall–Kier alpha value is -2.36. The molecule has 0 aliphatic carbocycles. The third-order valence-corrected chi connectivity index (χ3v) is 1.99. The number of hydrogen-bond acceptors (Lipinski definition) is 4. The minimum Gasteiger partial charge on any atom is -0.503 e. The zero-order valence-corrected chi connectivity index (χ0v) is 9.54. The predicted octanol–water partition coefficient (Wildman–Crippen LogP) is 3.03. The highest BCUT2D eigenvalue weighted by Gasteiger charge is 2.10. The highest BCUT2D eigenvalue weighted by molar-refractivity contribution is 5.61. The van der Waals surface area contributed by atoms with Gasteiger partial charge in [-0.1, -0.05) is 18.2 Å². The summed E-state index contributed by atoms with van der Waals surface area (Å²) in [6.07, 6.45) is 6.53. The van der Waals surface area contributed by atoms with Crippen molar-refractivity contribution in [2.75, 3.05) is 0 Å². The third-order valence-electron chi connectivity index (χ3n) is 1.99. The van der Waals surface area contributed by atoms with E-state index in [9.17, 15) is 10.2 Å². The van der Waals surface area contributed by atoms with E-state index in [0.717, 1.165) is 0 Å². The van der Waals surface area contributed by atoms with Crippen LogP contribution in [0.5, 0.6) is 0 Å². The predicted molar refractivity (Wildman–Crippen MR) is 68.9 cm³/mol. The number of aromatic nitrogens is 1. The van der Waals surface area contributed by atoms with Crippen LogP contribution in [0.15, 0.2) is 59.1 Å². The highest BCUT2D eigenvalue weighted by atomic mass is 16.3. The number of aliphatic hydroxyl groups is 2. The van der Waals surface area contributed by atoms with E-state index in [4.69, 9.17) is 0 Å². The molecule has 2 N–H and O–H groups in total. The minimum atomic E-state index is -0.350. The van der Waals surface area contributed by atoms with Gasteiger partial charge in [-0.2, -0.15) is 0 Å². The lowest BCUT2D eigenvalue weighted by molar-refractivity contribution is 0.389. The number of nitrogens with zero attached hydrogens (tertiary/aromatic N) is 2. The molecule has 0 aliphatic heterocycles. The Morgan fingerprint density at radius 3 is 2.71 bits per heavy atom. The van der Waals surface area contributed by atoms with E-state index < -0.39 is 0 Å². The molecule has 17 heavy (non-hydrogen) atoms. The van der Waals surface area contributed by atoms with Gasteiger partial charge in [-0.25, -0.2) is 0 Å². The summed E-state index contributed by atoms with van der Waals surface area (Å²) in [5, 5.41) is 19.6. The van der Waals surface area contributed by atoms with E-state index in [2.05, 4.69) is 16.7 Å². The van der Waals surface area contributed by atoms with Gasteiger partial charge in [-0.3, -0.25) is 9.98 Å². The maximum atomic E-state index is 9.81. The summed E-state index contributed by atoms with van der Waals surface area (Å²) >= 11 is 0. The van der Waals surface area contributed by atoms with Gasteiger partial charge in [0.2, 0.25) is 0 Å². The summed E-state index contributed by atoms with van der Waals surface area (Å²) in [6.45, 7) is 5.16. The van der Waals surface area contributed by atoms with Gasteiger partial charge in [0.25, 0.3) is 0 Å². The number of rotatable bonds is 4. The topological polar surface area (TPSA) is 65.7 Å². The monoisotopic (exact) mass is 230 g/mol. The Labute approximate surface area is 100.0 Å². The molecule has 1 rings (SSSR count). The van der Waals surface area contributed by atoms with Gasteiger partial charge in [-0.05, 0) is 31.9 Å². The molecule has 4 nitrogen and oxygen atoms in total. The Kier molecular flexibility index (Phi) is 4.69. The second-order valence-corrected chi connectivity index (χ2v) is 3.15. The van der Waals surface area contributed by atoms with Crippen molar-refractivity contribution in [1.82, 2.24) is 4.98 Å². The first-order chi connectivity index (χ1) is 8.20. The summed E-state index contributed by atoms with van der Waals surface area (Å²) in [6, 6.07) is 5.01. The number of aliphatic hydroxyl groups excluding tert-OH is 2. The summed E-state index contributed by atoms with van der Waals surface area (Å²) in [5.74, 6) is -0.675. The molecule has 0 aliphatic rings. The smallest absolute Gasteiger partial charge is 0.186 e. The maximum absolute atomic E-state index is 9.81. The van der Waals surface area contributed by atoms with Crippen LogP contribution in [0.25, 0.3) is 5.76 Å². The molecule has 0 aromatic carbocycles. The molecule has 0 amide bonds. The van der Waals surface area contributed by atoms with Crippen molar-refractivity contribution in [3.05, 3.63) is 59.8 Å². The molecule has 0 saturated carbocycles. The standard InChI is InChI=1S/C13H14N2O2/c1-3-4-7-10(14-2)12(16)13(17)11-8-5-6-9-15-11/h3-9,16-17H,2H2,1H3/b4-3-,10-7-,13-12+. The first kappa shape index (κ1) is 12.7. The number of pyridine rings is 1. The Morgan fingerprint density at radius 2 is 2.18 bits per heavy atom. The van der Waals surface area contributed by atoms with Crippen LogP contribution < -0.4 is 0 Å². The Bertz CT molecular complexity index is 473. The van der Waals surface area contributed by atoms with E-state index in [-0.39, 0.29) is 22.9 Å². The van der Waals surface area contributed by atoms with Gasteiger partial charge in [0, 0.05) is 6.20 Å². The normalized spacial score (nSPS) is 13.6. The molecule has 1 aromatic heterocycles. The SMILES string of the molecule is C=NC(=C\C=C/C)/C(O)=C(\O)c1ccccn1. The van der Waals surface area contributed by atoms with E-state index in [0.29, 0.717) is 0 Å². The van der Waals surface area contributed by atoms with E-state index in [1.807, 2.05) is 6.92 Å². The number of aliphatic imine (C=N–C) groups is 1. The summed E-state index contributed by atoms with van der Waals surface area (Å²) in [4.78, 5) is 7.56. The highest BCUT2D eigenvalue weighted by Crippen LogP contribution is 2.18. The minimum absolute atomic E-state index is 0.186. The molecule has 0 bridgehead atoms. The molecule has 0 radical (unpaired) electrons. The number of allylic oxidation sites excluding steroid dienone is 3. The quantitative estimate of drug-likeness (QED) is 0.474. The molecular weight excluding hydrogens is 216 g/mol. The Balaban J connectivity index is 3.16. The van der Waals surface area contributed by atoms with Crippen molar-refractivity contribution in [3.63, 3.8) is 0 Å². The lowest BCUT2D eigenvalue weighted by atomic mass is 10.2. The van der Waals surface area contributed by atoms with Crippen LogP contribution in [-0.2, 0) is 0 Å². The van der Waals surface area contributed by atoms with Crippen molar-refractivity contribution < 1.29 is 10.2 Å². The molecule has 0 spiro atoms. The fourth-order valence-electron chi connectivity index (χ4n) is 1.14. The first-order valence-corrected chi connectivity index (χ1v) is 5.04. The van der Waals surface area contributed by atoms with Crippen LogP contribution in [0.1, 0.15) is 12.6 Å². The lowest BCUT2D eigenvalue weighted by Crippen LogP contribution is -1.95. The fourth-order valence-corrected chi connectivity index (χ4v) is 1.14. The number of hydrogen-bond donors (Lipinski definition) is 2. The summed E-state index contributed by atoms with van der Waals surface area (Å²) in [5.41, 5.74) is 0.464. The van der Waals surface area contributed by atoms with Crippen molar-refractivity contribution in [3.8, 4) is 0 Å². The Morgan fingerprint density at radius 1 is 1.41 bits per heavy atom. The van der Waals surface area contributed by atoms with E-state index in [1.54, 1.807) is 36.4 Å². The van der Waals surface area contributed by atoms with Gasteiger partial charge in [0.15, 0.2) is 11.5 Å². The summed E-state index contributed by atoms with van der Waals surface area (Å²) in [7, 11) is 0. The van der Waals surface area contributed by atoms with Gasteiger partial charge in [0.1, 0.15) is 11.4 Å². The molecule has 0 saturated heterocycles. The second-order valence-electron chi connectivity index (χ2n) is 3.15. The van der Waals surface area contributed by atoms with Crippen molar-refractivity contribution >= 4 is 12.5 Å². The van der Waals surface area contributed by atoms with E-state index >= 15 is 0 Å². The largest absolute Gasteiger partial charge is 0.503 e. The van der Waals surface area contributed by atoms with Crippen molar-refractivity contribution in [2.24, 2.45) is 4.99 Å². The lowest BCUT2D eigenvalue weighted by Gasteiger charge is -2.04. The van der Waals surface area contributed by atoms with Crippen molar-refractivity contribution in [1.29, 1.82) is 0 Å². The van der Waals surface area contributed by atoms with Crippen LogP contribution in [0, 0.1) is 0 Å². The zero-order valence-electron chi connectivity index (χ0n) is 9.54.